The van der Waals surface area contributed by atoms with Crippen LogP contribution in [0.5, 0.6) is 0 Å². The fourth-order valence-electron chi connectivity index (χ4n) is 1.38. The lowest BCUT2D eigenvalue weighted by Crippen LogP contribution is -2.35. The third-order valence-electron chi connectivity index (χ3n) is 2.49. The Hall–Kier alpha value is -1.91. The van der Waals surface area contributed by atoms with E-state index in [0.29, 0.717) is 25.1 Å². The van der Waals surface area contributed by atoms with E-state index in [2.05, 4.69) is 15.6 Å². The summed E-state index contributed by atoms with van der Waals surface area (Å²) < 4.78 is 0. The van der Waals surface area contributed by atoms with Crippen LogP contribution < -0.4 is 10.6 Å². The highest BCUT2D eigenvalue weighted by Gasteiger charge is 2.20. The van der Waals surface area contributed by atoms with Crippen LogP contribution in [0.2, 0.25) is 0 Å². The molecule has 0 spiro atoms. The molecular formula is C14H21N3O2. The third-order valence-corrected chi connectivity index (χ3v) is 2.49. The number of amides is 2. The minimum atomic E-state index is -0.391. The summed E-state index contributed by atoms with van der Waals surface area (Å²) in [6.07, 6.45) is 4.24. The van der Waals surface area contributed by atoms with Crippen molar-refractivity contribution in [1.82, 2.24) is 10.3 Å². The number of nitrogens with one attached hydrogen (secondary N) is 2. The highest BCUT2D eigenvalue weighted by Crippen LogP contribution is 2.12. The SMILES string of the molecule is CC(C)(C)C(=O)NCCCC(=O)Nc1cccnc1. The number of hydrogen-bond acceptors (Lipinski definition) is 3. The Labute approximate surface area is 113 Å². The van der Waals surface area contributed by atoms with Crippen molar-refractivity contribution >= 4 is 17.5 Å². The zero-order valence-corrected chi connectivity index (χ0v) is 11.7. The summed E-state index contributed by atoms with van der Waals surface area (Å²) in [7, 11) is 0. The molecule has 5 heteroatoms. The van der Waals surface area contributed by atoms with Gasteiger partial charge in [-0.15, -0.1) is 0 Å². The van der Waals surface area contributed by atoms with Crippen molar-refractivity contribution in [2.75, 3.05) is 11.9 Å². The van der Waals surface area contributed by atoms with Crippen LogP contribution >= 0.6 is 0 Å². The van der Waals surface area contributed by atoms with Gasteiger partial charge in [-0.1, -0.05) is 20.8 Å². The molecule has 0 fully saturated rings. The second-order valence-corrected chi connectivity index (χ2v) is 5.40. The minimum Gasteiger partial charge on any atom is -0.356 e. The molecule has 104 valence electrons. The maximum absolute atomic E-state index is 11.6. The average Bonchev–Trinajstić information content (AvgIpc) is 2.34. The van der Waals surface area contributed by atoms with Gasteiger partial charge < -0.3 is 10.6 Å². The van der Waals surface area contributed by atoms with E-state index in [1.807, 2.05) is 20.8 Å². The van der Waals surface area contributed by atoms with Gasteiger partial charge in [-0.05, 0) is 18.6 Å². The number of rotatable bonds is 5. The van der Waals surface area contributed by atoms with Crippen molar-refractivity contribution < 1.29 is 9.59 Å². The Morgan fingerprint density at radius 1 is 1.32 bits per heavy atom. The first-order valence-electron chi connectivity index (χ1n) is 6.38. The summed E-state index contributed by atoms with van der Waals surface area (Å²) in [6.45, 7) is 6.09. The molecule has 1 aromatic heterocycles. The van der Waals surface area contributed by atoms with Crippen LogP contribution in [0.25, 0.3) is 0 Å². The predicted molar refractivity (Wildman–Crippen MR) is 74.6 cm³/mol. The number of hydrogen-bond donors (Lipinski definition) is 2. The van der Waals surface area contributed by atoms with Gasteiger partial charge >= 0.3 is 0 Å². The van der Waals surface area contributed by atoms with Gasteiger partial charge in [-0.2, -0.15) is 0 Å². The fraction of sp³-hybridized carbons (Fsp3) is 0.500. The van der Waals surface area contributed by atoms with Crippen molar-refractivity contribution in [3.05, 3.63) is 24.5 Å². The van der Waals surface area contributed by atoms with E-state index < -0.39 is 5.41 Å². The molecule has 0 aromatic carbocycles. The number of aromatic nitrogens is 1. The molecule has 1 heterocycles. The highest BCUT2D eigenvalue weighted by atomic mass is 16.2. The summed E-state index contributed by atoms with van der Waals surface area (Å²) >= 11 is 0. The van der Waals surface area contributed by atoms with Crippen molar-refractivity contribution in [1.29, 1.82) is 0 Å². The molecule has 0 saturated heterocycles. The first kappa shape index (κ1) is 15.1. The van der Waals surface area contributed by atoms with Gasteiger partial charge in [0.1, 0.15) is 0 Å². The van der Waals surface area contributed by atoms with Gasteiger partial charge in [0.05, 0.1) is 11.9 Å². The summed E-state index contributed by atoms with van der Waals surface area (Å²) in [4.78, 5) is 27.1. The van der Waals surface area contributed by atoms with E-state index in [1.165, 1.54) is 0 Å². The Balaban J connectivity index is 2.20. The zero-order valence-electron chi connectivity index (χ0n) is 11.7. The standard InChI is InChI=1S/C14H21N3O2/c1-14(2,3)13(19)16-9-5-7-12(18)17-11-6-4-8-15-10-11/h4,6,8,10H,5,7,9H2,1-3H3,(H,16,19)(H,17,18). The quantitative estimate of drug-likeness (QED) is 0.798. The second-order valence-electron chi connectivity index (χ2n) is 5.40. The summed E-state index contributed by atoms with van der Waals surface area (Å²) in [5.74, 6) is -0.0711. The van der Waals surface area contributed by atoms with Crippen LogP contribution in [0.3, 0.4) is 0 Å². The smallest absolute Gasteiger partial charge is 0.225 e. The Morgan fingerprint density at radius 3 is 2.63 bits per heavy atom. The van der Waals surface area contributed by atoms with E-state index in [0.717, 1.165) is 0 Å². The highest BCUT2D eigenvalue weighted by molar-refractivity contribution is 5.90. The maximum atomic E-state index is 11.6. The molecule has 0 saturated carbocycles. The summed E-state index contributed by atoms with van der Waals surface area (Å²) in [6, 6.07) is 3.55. The Bertz CT molecular complexity index is 424. The number of carbonyl (C=O) groups is 2. The van der Waals surface area contributed by atoms with Gasteiger partial charge in [-0.3, -0.25) is 14.6 Å². The molecule has 0 aliphatic heterocycles. The summed E-state index contributed by atoms with van der Waals surface area (Å²) in [5.41, 5.74) is 0.295. The Kier molecular flexibility index (Phi) is 5.48. The van der Waals surface area contributed by atoms with Gasteiger partial charge in [0.2, 0.25) is 11.8 Å². The summed E-state index contributed by atoms with van der Waals surface area (Å²) in [5, 5.41) is 5.56. The monoisotopic (exact) mass is 263 g/mol. The van der Waals surface area contributed by atoms with Crippen molar-refractivity contribution in [3.63, 3.8) is 0 Å². The van der Waals surface area contributed by atoms with E-state index >= 15 is 0 Å². The van der Waals surface area contributed by atoms with E-state index in [1.54, 1.807) is 24.5 Å². The zero-order chi connectivity index (χ0) is 14.3. The molecule has 0 atom stereocenters. The van der Waals surface area contributed by atoms with E-state index in [-0.39, 0.29) is 11.8 Å². The second kappa shape index (κ2) is 6.87. The van der Waals surface area contributed by atoms with Gasteiger partial charge in [-0.25, -0.2) is 0 Å². The lowest BCUT2D eigenvalue weighted by Gasteiger charge is -2.17. The van der Waals surface area contributed by atoms with Crippen LogP contribution in [-0.4, -0.2) is 23.3 Å². The largest absolute Gasteiger partial charge is 0.356 e. The molecule has 0 bridgehead atoms. The molecule has 5 nitrogen and oxygen atoms in total. The van der Waals surface area contributed by atoms with Crippen molar-refractivity contribution in [2.24, 2.45) is 5.41 Å². The normalized spacial score (nSPS) is 10.9. The first-order chi connectivity index (χ1) is 8.89. The number of carbonyl (C=O) groups excluding carboxylic acids is 2. The number of pyridine rings is 1. The van der Waals surface area contributed by atoms with Crippen LogP contribution in [-0.2, 0) is 9.59 Å². The topological polar surface area (TPSA) is 71.1 Å². The number of anilines is 1. The lowest BCUT2D eigenvalue weighted by molar-refractivity contribution is -0.128. The molecule has 19 heavy (non-hydrogen) atoms. The van der Waals surface area contributed by atoms with Gasteiger partial charge in [0.15, 0.2) is 0 Å². The molecule has 0 aliphatic carbocycles. The fourth-order valence-corrected chi connectivity index (χ4v) is 1.38. The Morgan fingerprint density at radius 2 is 2.05 bits per heavy atom. The van der Waals surface area contributed by atoms with Crippen LogP contribution in [0, 0.1) is 5.41 Å². The van der Waals surface area contributed by atoms with Gasteiger partial charge in [0, 0.05) is 24.6 Å². The van der Waals surface area contributed by atoms with Crippen LogP contribution in [0.4, 0.5) is 5.69 Å². The first-order valence-corrected chi connectivity index (χ1v) is 6.38. The average molecular weight is 263 g/mol. The predicted octanol–water partition coefficient (Wildman–Crippen LogP) is 1.96. The van der Waals surface area contributed by atoms with Crippen molar-refractivity contribution in [2.45, 2.75) is 33.6 Å². The third kappa shape index (κ3) is 5.99. The van der Waals surface area contributed by atoms with Crippen LogP contribution in [0.15, 0.2) is 24.5 Å². The molecule has 1 rings (SSSR count). The number of nitrogens with zero attached hydrogens (tertiary/aromatic N) is 1. The molecule has 1 aromatic rings. The van der Waals surface area contributed by atoms with E-state index in [9.17, 15) is 9.59 Å². The molecule has 0 unspecified atom stereocenters. The van der Waals surface area contributed by atoms with Crippen molar-refractivity contribution in [3.8, 4) is 0 Å². The molecule has 2 amide bonds. The molecule has 2 N–H and O–H groups in total. The minimum absolute atomic E-state index is 0.000155. The maximum Gasteiger partial charge on any atom is 0.225 e. The molecular weight excluding hydrogens is 242 g/mol. The van der Waals surface area contributed by atoms with Gasteiger partial charge in [0.25, 0.3) is 0 Å². The molecule has 0 aliphatic rings. The lowest BCUT2D eigenvalue weighted by atomic mass is 9.96. The van der Waals surface area contributed by atoms with Crippen LogP contribution in [0.1, 0.15) is 33.6 Å². The van der Waals surface area contributed by atoms with E-state index in [4.69, 9.17) is 0 Å². The molecule has 0 radical (unpaired) electrons.